The average molecular weight is 372 g/mol. The van der Waals surface area contributed by atoms with E-state index in [-0.39, 0.29) is 17.9 Å². The third kappa shape index (κ3) is 3.87. The van der Waals surface area contributed by atoms with Gasteiger partial charge in [0.2, 0.25) is 0 Å². The topological polar surface area (TPSA) is 32.8 Å². The molecule has 4 rings (SSSR count). The normalized spacial score (nSPS) is 23.8. The van der Waals surface area contributed by atoms with Crippen LogP contribution in [0.4, 0.5) is 14.5 Å². The predicted octanol–water partition coefficient (Wildman–Crippen LogP) is 3.22. The van der Waals surface area contributed by atoms with E-state index in [2.05, 4.69) is 4.90 Å². The summed E-state index contributed by atoms with van der Waals surface area (Å²) in [6.45, 7) is 2.91. The van der Waals surface area contributed by atoms with Gasteiger partial charge in [-0.1, -0.05) is 18.2 Å². The number of hydrogen-bond donors (Lipinski definition) is 0. The number of halogens is 2. The van der Waals surface area contributed by atoms with Crippen molar-refractivity contribution in [2.75, 3.05) is 37.7 Å². The molecule has 1 spiro atoms. The Kier molecular flexibility index (Phi) is 4.93. The van der Waals surface area contributed by atoms with Gasteiger partial charge in [-0.05, 0) is 43.3 Å². The molecule has 2 heterocycles. The Morgan fingerprint density at radius 2 is 1.89 bits per heavy atom. The zero-order valence-corrected chi connectivity index (χ0v) is 15.0. The molecule has 1 amide bonds. The van der Waals surface area contributed by atoms with Crippen LogP contribution >= 0.6 is 0 Å². The molecule has 6 heteroatoms. The van der Waals surface area contributed by atoms with Gasteiger partial charge in [-0.2, -0.15) is 0 Å². The number of likely N-dealkylation sites (tertiary alicyclic amines) is 1. The lowest BCUT2D eigenvalue weighted by molar-refractivity contribution is -0.122. The lowest BCUT2D eigenvalue weighted by Crippen LogP contribution is -2.42. The number of amides is 1. The second-order valence-electron chi connectivity index (χ2n) is 7.50. The number of carbonyl (C=O) groups is 1. The van der Waals surface area contributed by atoms with Crippen molar-refractivity contribution in [3.63, 3.8) is 0 Å². The molecule has 2 saturated heterocycles. The van der Waals surface area contributed by atoms with Crippen molar-refractivity contribution in [2.45, 2.75) is 13.0 Å². The summed E-state index contributed by atoms with van der Waals surface area (Å²) in [5.41, 5.74) is 1.02. The Morgan fingerprint density at radius 3 is 2.70 bits per heavy atom. The molecule has 0 aliphatic carbocycles. The molecule has 142 valence electrons. The van der Waals surface area contributed by atoms with Crippen LogP contribution in [0.25, 0.3) is 0 Å². The largest absolute Gasteiger partial charge is 0.371 e. The molecule has 2 aromatic rings. The lowest BCUT2D eigenvalue weighted by Gasteiger charge is -2.32. The van der Waals surface area contributed by atoms with Gasteiger partial charge in [0.1, 0.15) is 18.2 Å². The first-order valence-electron chi connectivity index (χ1n) is 9.14. The summed E-state index contributed by atoms with van der Waals surface area (Å²) in [5, 5.41) is 0. The van der Waals surface area contributed by atoms with Crippen LogP contribution in [0.1, 0.15) is 12.0 Å². The molecule has 1 unspecified atom stereocenters. The maximum atomic E-state index is 14.0. The van der Waals surface area contributed by atoms with Crippen LogP contribution in [-0.2, 0) is 16.1 Å². The summed E-state index contributed by atoms with van der Waals surface area (Å²) in [6, 6.07) is 13.1. The molecular formula is C21H22F2N2O2. The highest BCUT2D eigenvalue weighted by Gasteiger charge is 2.43. The molecule has 0 saturated carbocycles. The minimum absolute atomic E-state index is 0.0484. The van der Waals surface area contributed by atoms with Crippen molar-refractivity contribution in [1.82, 2.24) is 4.90 Å². The highest BCUT2D eigenvalue weighted by molar-refractivity contribution is 5.94. The first kappa shape index (κ1) is 18.1. The maximum Gasteiger partial charge on any atom is 0.252 e. The van der Waals surface area contributed by atoms with Crippen LogP contribution < -0.4 is 4.90 Å². The van der Waals surface area contributed by atoms with Crippen LogP contribution in [-0.4, -0.2) is 43.7 Å². The van der Waals surface area contributed by atoms with Crippen molar-refractivity contribution in [1.29, 1.82) is 0 Å². The third-order valence-electron chi connectivity index (χ3n) is 5.42. The fourth-order valence-corrected chi connectivity index (χ4v) is 4.06. The van der Waals surface area contributed by atoms with Gasteiger partial charge < -0.3 is 9.64 Å². The Balaban J connectivity index is 1.51. The number of hydrogen-bond acceptors (Lipinski definition) is 3. The molecule has 27 heavy (non-hydrogen) atoms. The minimum atomic E-state index is -0.432. The average Bonchev–Trinajstić information content (AvgIpc) is 2.98. The van der Waals surface area contributed by atoms with Gasteiger partial charge in [0.25, 0.3) is 5.91 Å². The summed E-state index contributed by atoms with van der Waals surface area (Å²) >= 11 is 0. The van der Waals surface area contributed by atoms with E-state index in [1.807, 2.05) is 30.3 Å². The van der Waals surface area contributed by atoms with Crippen LogP contribution in [0.3, 0.4) is 0 Å². The highest BCUT2D eigenvalue weighted by Crippen LogP contribution is 2.36. The van der Waals surface area contributed by atoms with E-state index in [1.54, 1.807) is 4.90 Å². The molecule has 0 N–H and O–H groups in total. The van der Waals surface area contributed by atoms with Crippen molar-refractivity contribution in [3.05, 3.63) is 65.7 Å². The number of ether oxygens (including phenoxy) is 1. The van der Waals surface area contributed by atoms with Crippen molar-refractivity contribution >= 4 is 11.6 Å². The van der Waals surface area contributed by atoms with Crippen LogP contribution in [0.15, 0.2) is 48.5 Å². The molecule has 2 aromatic carbocycles. The fraction of sp³-hybridized carbons (Fsp3) is 0.381. The standard InChI is InChI=1S/C21H22F2N2O2/c22-17-6-7-19(23)16(10-17)11-24-9-8-21(13-24)14-25(20(26)12-27-15-21)18-4-2-1-3-5-18/h1-7,10H,8-9,11-15H2. The number of rotatable bonds is 3. The van der Waals surface area contributed by atoms with Gasteiger partial charge in [-0.25, -0.2) is 8.78 Å². The van der Waals surface area contributed by atoms with Crippen molar-refractivity contribution in [2.24, 2.45) is 5.41 Å². The van der Waals surface area contributed by atoms with E-state index in [0.29, 0.717) is 31.8 Å². The zero-order valence-electron chi connectivity index (χ0n) is 15.0. The van der Waals surface area contributed by atoms with Crippen LogP contribution in [0.2, 0.25) is 0 Å². The Morgan fingerprint density at radius 1 is 1.07 bits per heavy atom. The first-order valence-corrected chi connectivity index (χ1v) is 9.14. The number of benzene rings is 2. The SMILES string of the molecule is O=C1COCC2(CCN(Cc3cc(F)ccc3F)C2)CN1c1ccccc1. The van der Waals surface area contributed by atoms with Crippen molar-refractivity contribution < 1.29 is 18.3 Å². The number of para-hydroxylation sites is 1. The number of nitrogens with zero attached hydrogens (tertiary/aromatic N) is 2. The molecule has 0 aromatic heterocycles. The van der Waals surface area contributed by atoms with Crippen LogP contribution in [0, 0.1) is 17.0 Å². The Bertz CT molecular complexity index is 830. The van der Waals surface area contributed by atoms with E-state index in [1.165, 1.54) is 12.1 Å². The maximum absolute atomic E-state index is 14.0. The van der Waals surface area contributed by atoms with Gasteiger partial charge in [-0.15, -0.1) is 0 Å². The quantitative estimate of drug-likeness (QED) is 0.829. The Hall–Kier alpha value is -2.31. The summed E-state index contributed by atoms with van der Waals surface area (Å²) in [5.74, 6) is -0.873. The predicted molar refractivity (Wildman–Crippen MR) is 98.3 cm³/mol. The minimum Gasteiger partial charge on any atom is -0.371 e. The number of anilines is 1. The molecule has 0 radical (unpaired) electrons. The van der Waals surface area contributed by atoms with E-state index < -0.39 is 11.6 Å². The molecule has 0 bridgehead atoms. The van der Waals surface area contributed by atoms with Gasteiger partial charge in [0, 0.05) is 36.3 Å². The highest BCUT2D eigenvalue weighted by atomic mass is 19.1. The summed E-state index contributed by atoms with van der Waals surface area (Å²) in [7, 11) is 0. The second kappa shape index (κ2) is 7.37. The van der Waals surface area contributed by atoms with Gasteiger partial charge in [0.05, 0.1) is 6.61 Å². The summed E-state index contributed by atoms with van der Waals surface area (Å²) < 4.78 is 33.1. The van der Waals surface area contributed by atoms with Gasteiger partial charge in [-0.3, -0.25) is 9.69 Å². The Labute approximate surface area is 157 Å². The van der Waals surface area contributed by atoms with Crippen molar-refractivity contribution in [3.8, 4) is 0 Å². The van der Waals surface area contributed by atoms with E-state index in [9.17, 15) is 13.6 Å². The monoisotopic (exact) mass is 372 g/mol. The van der Waals surface area contributed by atoms with Gasteiger partial charge in [0.15, 0.2) is 0 Å². The molecule has 1 atom stereocenters. The van der Waals surface area contributed by atoms with Gasteiger partial charge >= 0.3 is 0 Å². The van der Waals surface area contributed by atoms with E-state index in [0.717, 1.165) is 24.7 Å². The summed E-state index contributed by atoms with van der Waals surface area (Å²) in [6.07, 6.45) is 0.848. The lowest BCUT2D eigenvalue weighted by atomic mass is 9.87. The first-order chi connectivity index (χ1) is 13.0. The van der Waals surface area contributed by atoms with E-state index in [4.69, 9.17) is 4.74 Å². The zero-order chi connectivity index (χ0) is 18.9. The molecule has 2 fully saturated rings. The van der Waals surface area contributed by atoms with E-state index >= 15 is 0 Å². The molecule has 4 nitrogen and oxygen atoms in total. The smallest absolute Gasteiger partial charge is 0.252 e. The fourth-order valence-electron chi connectivity index (χ4n) is 4.06. The molecule has 2 aliphatic rings. The third-order valence-corrected chi connectivity index (χ3v) is 5.42. The van der Waals surface area contributed by atoms with Crippen LogP contribution in [0.5, 0.6) is 0 Å². The summed E-state index contributed by atoms with van der Waals surface area (Å²) in [4.78, 5) is 16.4. The number of carbonyl (C=O) groups excluding carboxylic acids is 1. The second-order valence-corrected chi connectivity index (χ2v) is 7.50. The molecular weight excluding hydrogens is 350 g/mol. The molecule has 2 aliphatic heterocycles.